The number of rotatable bonds is 7. The van der Waals surface area contributed by atoms with Crippen LogP contribution in [0.25, 0.3) is 11.1 Å². The van der Waals surface area contributed by atoms with Gasteiger partial charge < -0.3 is 20.5 Å². The first-order chi connectivity index (χ1) is 16.9. The second-order valence-corrected chi connectivity index (χ2v) is 10.2. The maximum atomic E-state index is 12.9. The van der Waals surface area contributed by atoms with Crippen molar-refractivity contribution in [2.24, 2.45) is 5.92 Å². The second-order valence-electron chi connectivity index (χ2n) is 10.2. The average molecular weight is 477 g/mol. The zero-order valence-electron chi connectivity index (χ0n) is 19.8. The lowest BCUT2D eigenvalue weighted by atomic mass is 9.92. The van der Waals surface area contributed by atoms with Gasteiger partial charge in [-0.1, -0.05) is 61.4 Å². The monoisotopic (exact) mass is 476 g/mol. The van der Waals surface area contributed by atoms with Gasteiger partial charge in [0.25, 0.3) is 0 Å². The molecule has 2 amide bonds. The molecule has 184 valence electrons. The van der Waals surface area contributed by atoms with Gasteiger partial charge in [-0.2, -0.15) is 0 Å². The van der Waals surface area contributed by atoms with Gasteiger partial charge in [-0.05, 0) is 54.4 Å². The predicted octanol–water partition coefficient (Wildman–Crippen LogP) is 4.60. The molecule has 35 heavy (non-hydrogen) atoms. The van der Waals surface area contributed by atoms with Crippen molar-refractivity contribution >= 4 is 18.0 Å². The van der Waals surface area contributed by atoms with E-state index in [9.17, 15) is 19.5 Å². The molecule has 0 spiro atoms. The van der Waals surface area contributed by atoms with Crippen molar-refractivity contribution in [2.45, 2.75) is 68.9 Å². The molecule has 0 unspecified atom stereocenters. The first-order valence-corrected chi connectivity index (χ1v) is 12.6. The number of alkyl carbamates (subject to hydrolysis) is 1. The van der Waals surface area contributed by atoms with Crippen molar-refractivity contribution in [1.29, 1.82) is 0 Å². The lowest BCUT2D eigenvalue weighted by Gasteiger charge is -2.30. The number of amides is 2. The summed E-state index contributed by atoms with van der Waals surface area (Å²) in [4.78, 5) is 36.8. The van der Waals surface area contributed by atoms with Crippen molar-refractivity contribution < 1.29 is 24.2 Å². The minimum atomic E-state index is -0.881. The van der Waals surface area contributed by atoms with Crippen LogP contribution in [0.15, 0.2) is 48.5 Å². The Morgan fingerprint density at radius 3 is 2.20 bits per heavy atom. The van der Waals surface area contributed by atoms with Crippen LogP contribution >= 0.6 is 0 Å². The van der Waals surface area contributed by atoms with E-state index in [-0.39, 0.29) is 36.8 Å². The number of carboxylic acids is 1. The molecule has 0 saturated heterocycles. The molecule has 0 aliphatic heterocycles. The highest BCUT2D eigenvalue weighted by molar-refractivity contribution is 5.81. The summed E-state index contributed by atoms with van der Waals surface area (Å²) >= 11 is 0. The van der Waals surface area contributed by atoms with E-state index in [0.717, 1.165) is 12.8 Å². The first kappa shape index (κ1) is 23.4. The highest BCUT2D eigenvalue weighted by atomic mass is 16.5. The van der Waals surface area contributed by atoms with Crippen LogP contribution in [0.4, 0.5) is 4.79 Å². The molecule has 3 aliphatic rings. The lowest BCUT2D eigenvalue weighted by Crippen LogP contribution is -2.49. The van der Waals surface area contributed by atoms with Crippen molar-refractivity contribution in [3.8, 4) is 11.1 Å². The fraction of sp³-hybridized carbons (Fsp3) is 0.464. The van der Waals surface area contributed by atoms with Gasteiger partial charge >= 0.3 is 12.1 Å². The maximum Gasteiger partial charge on any atom is 0.407 e. The van der Waals surface area contributed by atoms with Crippen LogP contribution in [-0.2, 0) is 14.3 Å². The number of carbonyl (C=O) groups excluding carboxylic acids is 2. The predicted molar refractivity (Wildman–Crippen MR) is 131 cm³/mol. The zero-order chi connectivity index (χ0) is 24.4. The van der Waals surface area contributed by atoms with Crippen molar-refractivity contribution in [3.63, 3.8) is 0 Å². The van der Waals surface area contributed by atoms with E-state index in [2.05, 4.69) is 34.9 Å². The number of carbonyl (C=O) groups is 3. The molecule has 2 atom stereocenters. The molecule has 7 heteroatoms. The van der Waals surface area contributed by atoms with Gasteiger partial charge in [-0.3, -0.25) is 9.59 Å². The highest BCUT2D eigenvalue weighted by Gasteiger charge is 2.40. The van der Waals surface area contributed by atoms with Crippen LogP contribution < -0.4 is 10.6 Å². The van der Waals surface area contributed by atoms with Crippen LogP contribution in [0.1, 0.15) is 68.4 Å². The van der Waals surface area contributed by atoms with Gasteiger partial charge in [-0.15, -0.1) is 0 Å². The Morgan fingerprint density at radius 2 is 1.57 bits per heavy atom. The quantitative estimate of drug-likeness (QED) is 0.542. The number of hydrogen-bond donors (Lipinski definition) is 3. The Labute approximate surface area is 205 Å². The number of carboxylic acid groups (broad SMARTS) is 1. The molecular weight excluding hydrogens is 444 g/mol. The summed E-state index contributed by atoms with van der Waals surface area (Å²) in [5.74, 6) is -1.19. The number of nitrogens with one attached hydrogen (secondary N) is 2. The maximum absolute atomic E-state index is 12.9. The minimum absolute atomic E-state index is 0.00657. The summed E-state index contributed by atoms with van der Waals surface area (Å²) in [7, 11) is 0. The molecule has 3 N–H and O–H groups in total. The van der Waals surface area contributed by atoms with Crippen molar-refractivity contribution in [2.75, 3.05) is 6.61 Å². The number of aliphatic carboxylic acids is 1. The second kappa shape index (κ2) is 9.72. The molecular formula is C28H32N2O5. The molecule has 0 heterocycles. The third-order valence-electron chi connectivity index (χ3n) is 7.91. The topological polar surface area (TPSA) is 105 Å². The number of benzene rings is 2. The molecule has 2 fully saturated rings. The van der Waals surface area contributed by atoms with Crippen LogP contribution in [0.3, 0.4) is 0 Å². The Hall–Kier alpha value is -3.35. The van der Waals surface area contributed by atoms with E-state index >= 15 is 0 Å². The normalized spacial score (nSPS) is 22.3. The summed E-state index contributed by atoms with van der Waals surface area (Å²) in [5, 5.41) is 15.3. The molecule has 0 aromatic heterocycles. The molecule has 0 radical (unpaired) electrons. The molecule has 0 bridgehead atoms. The Kier molecular flexibility index (Phi) is 6.50. The first-order valence-electron chi connectivity index (χ1n) is 12.6. The fourth-order valence-electron chi connectivity index (χ4n) is 6.21. The molecule has 3 aliphatic carbocycles. The van der Waals surface area contributed by atoms with E-state index in [1.165, 1.54) is 22.3 Å². The van der Waals surface area contributed by atoms with Gasteiger partial charge in [0.2, 0.25) is 5.91 Å². The Balaban J connectivity index is 1.14. The van der Waals surface area contributed by atoms with Gasteiger partial charge in [0, 0.05) is 17.9 Å². The standard InChI is InChI=1S/C28H32N2O5/c31-25(32)16-28(13-5-6-14-28)30-26(33)18-11-12-19(15-18)29-27(34)35-17-24-22-9-3-1-7-20(22)21-8-2-4-10-23(21)24/h1-4,7-10,18-19,24H,5-6,11-17H2,(H,29,34)(H,30,33)(H,31,32)/t18-,19+/m0/s1. The van der Waals surface area contributed by atoms with Crippen molar-refractivity contribution in [1.82, 2.24) is 10.6 Å². The van der Waals surface area contributed by atoms with E-state index < -0.39 is 17.6 Å². The number of ether oxygens (including phenoxy) is 1. The molecule has 2 saturated carbocycles. The summed E-state index contributed by atoms with van der Waals surface area (Å²) in [6.07, 6.45) is 4.70. The van der Waals surface area contributed by atoms with Gasteiger partial charge in [0.1, 0.15) is 6.61 Å². The highest BCUT2D eigenvalue weighted by Crippen LogP contribution is 2.44. The minimum Gasteiger partial charge on any atom is -0.481 e. The SMILES string of the molecule is O=C(O)CC1(NC(=O)[C@H]2CC[C@@H](NC(=O)OCC3c4ccccc4-c4ccccc43)C2)CCCC1. The molecule has 7 nitrogen and oxygen atoms in total. The summed E-state index contributed by atoms with van der Waals surface area (Å²) in [6.45, 7) is 0.258. The average Bonchev–Trinajstić information content (AvgIpc) is 3.56. The largest absolute Gasteiger partial charge is 0.481 e. The zero-order valence-corrected chi connectivity index (χ0v) is 19.8. The number of hydrogen-bond acceptors (Lipinski definition) is 4. The summed E-state index contributed by atoms with van der Waals surface area (Å²) in [5.41, 5.74) is 4.08. The third kappa shape index (κ3) is 4.90. The fourth-order valence-corrected chi connectivity index (χ4v) is 6.21. The lowest BCUT2D eigenvalue weighted by molar-refractivity contribution is -0.139. The number of fused-ring (bicyclic) bond motifs is 3. The molecule has 2 aromatic carbocycles. The van der Waals surface area contributed by atoms with E-state index in [1.54, 1.807) is 0 Å². The van der Waals surface area contributed by atoms with Crippen molar-refractivity contribution in [3.05, 3.63) is 59.7 Å². The van der Waals surface area contributed by atoms with E-state index in [1.807, 2.05) is 24.3 Å². The Bertz CT molecular complexity index is 1080. The van der Waals surface area contributed by atoms with Crippen LogP contribution in [0, 0.1) is 5.92 Å². The molecule has 2 aromatic rings. The summed E-state index contributed by atoms with van der Waals surface area (Å²) < 4.78 is 5.65. The Morgan fingerprint density at radius 1 is 0.943 bits per heavy atom. The smallest absolute Gasteiger partial charge is 0.407 e. The third-order valence-corrected chi connectivity index (χ3v) is 7.91. The van der Waals surface area contributed by atoms with Gasteiger partial charge in [-0.25, -0.2) is 4.79 Å². The van der Waals surface area contributed by atoms with Gasteiger partial charge in [0.05, 0.1) is 12.0 Å². The van der Waals surface area contributed by atoms with Crippen LogP contribution in [0.2, 0.25) is 0 Å². The van der Waals surface area contributed by atoms with E-state index in [0.29, 0.717) is 32.1 Å². The van der Waals surface area contributed by atoms with E-state index in [4.69, 9.17) is 4.74 Å². The van der Waals surface area contributed by atoms with Crippen LogP contribution in [-0.4, -0.2) is 41.3 Å². The van der Waals surface area contributed by atoms with Crippen LogP contribution in [0.5, 0.6) is 0 Å². The van der Waals surface area contributed by atoms with Gasteiger partial charge in [0.15, 0.2) is 0 Å². The molecule has 5 rings (SSSR count). The summed E-state index contributed by atoms with van der Waals surface area (Å²) in [6, 6.07) is 16.3.